The summed E-state index contributed by atoms with van der Waals surface area (Å²) in [5.74, 6) is 0. The highest BCUT2D eigenvalue weighted by atomic mass is 32.1. The molecule has 0 spiro atoms. The van der Waals surface area contributed by atoms with Crippen LogP contribution in [0.2, 0.25) is 0 Å². The topological polar surface area (TPSA) is 41.6 Å². The molecule has 5 heteroatoms. The predicted molar refractivity (Wildman–Crippen MR) is 107 cm³/mol. The third kappa shape index (κ3) is 2.91. The molecule has 0 saturated carbocycles. The maximum Gasteiger partial charge on any atom is 0.134 e. The highest BCUT2D eigenvalue weighted by Crippen LogP contribution is 2.31. The summed E-state index contributed by atoms with van der Waals surface area (Å²) in [6.07, 6.45) is 4.06. The summed E-state index contributed by atoms with van der Waals surface area (Å²) < 4.78 is 2.20. The lowest BCUT2D eigenvalue weighted by Gasteiger charge is -1.97. The lowest BCUT2D eigenvalue weighted by atomic mass is 10.1. The summed E-state index contributed by atoms with van der Waals surface area (Å²) in [5, 5.41) is 15.6. The number of hydrogen-bond donors (Lipinski definition) is 0. The quantitative estimate of drug-likeness (QED) is 0.424. The van der Waals surface area contributed by atoms with Crippen molar-refractivity contribution in [1.82, 2.24) is 9.55 Å². The first-order valence-corrected chi connectivity index (χ1v) is 9.75. The lowest BCUT2D eigenvalue weighted by molar-refractivity contribution is 0.797. The maximum atomic E-state index is 9.66. The van der Waals surface area contributed by atoms with Crippen molar-refractivity contribution < 1.29 is 0 Å². The summed E-state index contributed by atoms with van der Waals surface area (Å²) >= 11 is 3.17. The zero-order chi connectivity index (χ0) is 17.2. The van der Waals surface area contributed by atoms with Gasteiger partial charge in [-0.05, 0) is 30.5 Å². The van der Waals surface area contributed by atoms with Gasteiger partial charge in [-0.25, -0.2) is 4.98 Å². The van der Waals surface area contributed by atoms with Gasteiger partial charge in [0.1, 0.15) is 11.1 Å². The second-order valence-corrected chi connectivity index (χ2v) is 7.38. The molecular formula is C20H15N3S2. The molecule has 122 valence electrons. The molecule has 0 aliphatic rings. The van der Waals surface area contributed by atoms with E-state index in [1.54, 1.807) is 11.3 Å². The molecule has 0 amide bonds. The smallest absolute Gasteiger partial charge is 0.134 e. The number of benzene rings is 1. The minimum atomic E-state index is 0.604. The summed E-state index contributed by atoms with van der Waals surface area (Å²) in [4.78, 5) is 5.79. The molecule has 1 aromatic carbocycles. The number of hydrogen-bond acceptors (Lipinski definition) is 4. The highest BCUT2D eigenvalue weighted by Gasteiger charge is 2.12. The van der Waals surface area contributed by atoms with Gasteiger partial charge >= 0.3 is 0 Å². The van der Waals surface area contributed by atoms with Crippen molar-refractivity contribution in [3.63, 3.8) is 0 Å². The Morgan fingerprint density at radius 3 is 2.88 bits per heavy atom. The standard InChI is InChI=1S/C20H15N3S2/c1-2-23-12-15(16-6-3-4-7-18(16)23)10-14(11-21)20-22-17(13-25-20)19-8-5-9-24-19/h3-10,12-13H,2H2,1H3/b14-10-. The Balaban J connectivity index is 1.79. The van der Waals surface area contributed by atoms with Gasteiger partial charge in [-0.1, -0.05) is 24.3 Å². The van der Waals surface area contributed by atoms with Gasteiger partial charge in [0, 0.05) is 34.6 Å². The van der Waals surface area contributed by atoms with Crippen LogP contribution in [0.3, 0.4) is 0 Å². The Bertz CT molecular complexity index is 1090. The normalized spacial score (nSPS) is 11.8. The monoisotopic (exact) mass is 361 g/mol. The van der Waals surface area contributed by atoms with Crippen LogP contribution in [0.25, 0.3) is 33.1 Å². The molecule has 3 aromatic heterocycles. The fraction of sp³-hybridized carbons (Fsp3) is 0.100. The molecule has 0 atom stereocenters. The average molecular weight is 361 g/mol. The molecule has 0 unspecified atom stereocenters. The minimum Gasteiger partial charge on any atom is -0.347 e. The molecule has 4 rings (SSSR count). The van der Waals surface area contributed by atoms with Gasteiger partial charge in [-0.2, -0.15) is 5.26 Å². The lowest BCUT2D eigenvalue weighted by Crippen LogP contribution is -1.89. The van der Waals surface area contributed by atoms with Crippen molar-refractivity contribution in [1.29, 1.82) is 5.26 Å². The molecule has 0 N–H and O–H groups in total. The number of allylic oxidation sites excluding steroid dienone is 1. The molecule has 0 aliphatic carbocycles. The van der Waals surface area contributed by atoms with Gasteiger partial charge in [0.2, 0.25) is 0 Å². The van der Waals surface area contributed by atoms with Crippen LogP contribution in [0, 0.1) is 11.3 Å². The number of thiophene rings is 1. The fourth-order valence-electron chi connectivity index (χ4n) is 2.88. The van der Waals surface area contributed by atoms with Crippen molar-refractivity contribution in [2.75, 3.05) is 0 Å². The molecular weight excluding hydrogens is 346 g/mol. The number of nitriles is 1. The predicted octanol–water partition coefficient (Wildman–Crippen LogP) is 5.91. The van der Waals surface area contributed by atoms with E-state index in [-0.39, 0.29) is 0 Å². The van der Waals surface area contributed by atoms with Gasteiger partial charge in [-0.3, -0.25) is 0 Å². The number of thiazole rings is 1. The van der Waals surface area contributed by atoms with E-state index in [2.05, 4.69) is 40.9 Å². The second kappa shape index (κ2) is 6.67. The molecule has 3 nitrogen and oxygen atoms in total. The van der Waals surface area contributed by atoms with E-state index >= 15 is 0 Å². The summed E-state index contributed by atoms with van der Waals surface area (Å²) in [5.41, 5.74) is 3.78. The fourth-order valence-corrected chi connectivity index (χ4v) is 4.43. The first-order valence-electron chi connectivity index (χ1n) is 7.99. The molecule has 0 saturated heterocycles. The van der Waals surface area contributed by atoms with E-state index in [0.29, 0.717) is 5.57 Å². The van der Waals surface area contributed by atoms with Crippen LogP contribution in [0.4, 0.5) is 0 Å². The number of para-hydroxylation sites is 1. The van der Waals surface area contributed by atoms with Crippen molar-refractivity contribution in [3.05, 3.63) is 63.9 Å². The van der Waals surface area contributed by atoms with Gasteiger partial charge in [-0.15, -0.1) is 22.7 Å². The van der Waals surface area contributed by atoms with Crippen molar-refractivity contribution in [2.24, 2.45) is 0 Å². The third-order valence-electron chi connectivity index (χ3n) is 4.09. The van der Waals surface area contributed by atoms with Crippen LogP contribution in [-0.2, 0) is 6.54 Å². The van der Waals surface area contributed by atoms with Crippen LogP contribution < -0.4 is 0 Å². The van der Waals surface area contributed by atoms with Crippen LogP contribution in [0.15, 0.2) is 53.4 Å². The Morgan fingerprint density at radius 2 is 2.12 bits per heavy atom. The molecule has 0 bridgehead atoms. The van der Waals surface area contributed by atoms with E-state index < -0.39 is 0 Å². The molecule has 4 aromatic rings. The van der Waals surface area contributed by atoms with Crippen LogP contribution in [0.5, 0.6) is 0 Å². The van der Waals surface area contributed by atoms with E-state index in [1.165, 1.54) is 16.9 Å². The average Bonchev–Trinajstić information content (AvgIpc) is 3.38. The minimum absolute atomic E-state index is 0.604. The Labute approximate surface area is 154 Å². The Kier molecular flexibility index (Phi) is 4.22. The van der Waals surface area contributed by atoms with Crippen molar-refractivity contribution in [3.8, 4) is 16.6 Å². The highest BCUT2D eigenvalue weighted by molar-refractivity contribution is 7.14. The summed E-state index contributed by atoms with van der Waals surface area (Å²) in [6, 6.07) is 14.7. The van der Waals surface area contributed by atoms with Gasteiger partial charge < -0.3 is 4.57 Å². The number of nitrogens with zero attached hydrogens (tertiary/aromatic N) is 3. The van der Waals surface area contributed by atoms with E-state index in [9.17, 15) is 5.26 Å². The van der Waals surface area contributed by atoms with Crippen molar-refractivity contribution in [2.45, 2.75) is 13.5 Å². The van der Waals surface area contributed by atoms with Crippen LogP contribution in [-0.4, -0.2) is 9.55 Å². The molecule has 0 aliphatic heterocycles. The molecule has 25 heavy (non-hydrogen) atoms. The SMILES string of the molecule is CCn1cc(/C=C(/C#N)c2nc(-c3cccs3)cs2)c2ccccc21. The van der Waals surface area contributed by atoms with Gasteiger partial charge in [0.05, 0.1) is 16.1 Å². The van der Waals surface area contributed by atoms with E-state index in [0.717, 1.165) is 33.1 Å². The molecule has 3 heterocycles. The zero-order valence-electron chi connectivity index (χ0n) is 13.6. The third-order valence-corrected chi connectivity index (χ3v) is 5.86. The Morgan fingerprint density at radius 1 is 1.24 bits per heavy atom. The molecule has 0 radical (unpaired) electrons. The zero-order valence-corrected chi connectivity index (χ0v) is 15.3. The van der Waals surface area contributed by atoms with Gasteiger partial charge in [0.25, 0.3) is 0 Å². The number of fused-ring (bicyclic) bond motifs is 1. The van der Waals surface area contributed by atoms with Gasteiger partial charge in [0.15, 0.2) is 0 Å². The second-order valence-electron chi connectivity index (χ2n) is 5.57. The van der Waals surface area contributed by atoms with E-state index in [4.69, 9.17) is 0 Å². The molecule has 0 fully saturated rings. The maximum absolute atomic E-state index is 9.66. The number of aromatic nitrogens is 2. The Hall–Kier alpha value is -2.68. The number of aryl methyl sites for hydroxylation is 1. The summed E-state index contributed by atoms with van der Waals surface area (Å²) in [7, 11) is 0. The van der Waals surface area contributed by atoms with E-state index in [1.807, 2.05) is 41.1 Å². The van der Waals surface area contributed by atoms with Crippen molar-refractivity contribution >= 4 is 45.2 Å². The van der Waals surface area contributed by atoms with Crippen LogP contribution in [0.1, 0.15) is 17.5 Å². The first-order chi connectivity index (χ1) is 12.3. The largest absolute Gasteiger partial charge is 0.347 e. The first kappa shape index (κ1) is 15.8. The number of rotatable bonds is 4. The summed E-state index contributed by atoms with van der Waals surface area (Å²) in [6.45, 7) is 3.02. The van der Waals surface area contributed by atoms with Crippen LogP contribution >= 0.6 is 22.7 Å².